The Morgan fingerprint density at radius 1 is 1.17 bits per heavy atom. The third-order valence-electron chi connectivity index (χ3n) is 6.22. The van der Waals surface area contributed by atoms with E-state index in [1.54, 1.807) is 18.3 Å². The van der Waals surface area contributed by atoms with Crippen LogP contribution in [0.5, 0.6) is 0 Å². The summed E-state index contributed by atoms with van der Waals surface area (Å²) in [5, 5.41) is 0.570. The number of halogens is 1. The Morgan fingerprint density at radius 3 is 2.61 bits per heavy atom. The molecule has 1 amide bonds. The number of rotatable bonds is 4. The molecule has 1 aromatic carbocycles. The van der Waals surface area contributed by atoms with Crippen LogP contribution < -0.4 is 10.5 Å². The van der Waals surface area contributed by atoms with Crippen LogP contribution >= 0.6 is 35.6 Å². The minimum Gasteiger partial charge on any atom is -0.372 e. The van der Waals surface area contributed by atoms with Gasteiger partial charge in [0.15, 0.2) is 0 Å². The lowest BCUT2D eigenvalue weighted by atomic mass is 10.1. The molecule has 0 N–H and O–H groups in total. The van der Waals surface area contributed by atoms with Crippen molar-refractivity contribution in [1.29, 1.82) is 0 Å². The van der Waals surface area contributed by atoms with Crippen molar-refractivity contribution in [3.63, 3.8) is 0 Å². The molecule has 0 bridgehead atoms. The minimum atomic E-state index is -0.256. The summed E-state index contributed by atoms with van der Waals surface area (Å²) < 4.78 is 7.86. The quantitative estimate of drug-likeness (QED) is 0.352. The van der Waals surface area contributed by atoms with Gasteiger partial charge in [0.2, 0.25) is 0 Å². The number of carbonyl (C=O) groups excluding carboxylic acids is 1. The lowest BCUT2D eigenvalue weighted by molar-refractivity contribution is -0.122. The Labute approximate surface area is 223 Å². The summed E-state index contributed by atoms with van der Waals surface area (Å²) in [6.07, 6.45) is 3.29. The van der Waals surface area contributed by atoms with Crippen LogP contribution in [0.15, 0.2) is 52.3 Å². The lowest BCUT2D eigenvalue weighted by Crippen LogP contribution is -2.46. The van der Waals surface area contributed by atoms with Gasteiger partial charge in [-0.3, -0.25) is 18.9 Å². The molecule has 2 atom stereocenters. The van der Waals surface area contributed by atoms with Crippen LogP contribution in [0.25, 0.3) is 11.7 Å². The van der Waals surface area contributed by atoms with Crippen LogP contribution in [0.2, 0.25) is 5.02 Å². The fourth-order valence-corrected chi connectivity index (χ4v) is 6.02. The van der Waals surface area contributed by atoms with E-state index in [9.17, 15) is 9.59 Å². The number of benzene rings is 1. The van der Waals surface area contributed by atoms with Gasteiger partial charge in [0.25, 0.3) is 11.5 Å². The number of pyridine rings is 1. The third-order valence-corrected chi connectivity index (χ3v) is 7.97. The summed E-state index contributed by atoms with van der Waals surface area (Å²) in [6, 6.07) is 11.1. The molecule has 2 saturated heterocycles. The van der Waals surface area contributed by atoms with Gasteiger partial charge >= 0.3 is 0 Å². The van der Waals surface area contributed by atoms with Gasteiger partial charge < -0.3 is 9.64 Å². The molecule has 2 aliphatic heterocycles. The van der Waals surface area contributed by atoms with Gasteiger partial charge in [0.05, 0.1) is 29.2 Å². The molecule has 4 heterocycles. The zero-order valence-corrected chi connectivity index (χ0v) is 22.5. The first-order chi connectivity index (χ1) is 17.2. The number of amides is 1. The second-order valence-corrected chi connectivity index (χ2v) is 11.1. The van der Waals surface area contributed by atoms with Crippen LogP contribution in [0.4, 0.5) is 5.82 Å². The first-order valence-corrected chi connectivity index (χ1v) is 13.2. The molecule has 7 nitrogen and oxygen atoms in total. The fraction of sp³-hybridized carbons (Fsp3) is 0.308. The number of thioether (sulfide) groups is 1. The topological polar surface area (TPSA) is 67.2 Å². The molecule has 2 fully saturated rings. The van der Waals surface area contributed by atoms with E-state index in [1.165, 1.54) is 21.1 Å². The van der Waals surface area contributed by atoms with Crippen molar-refractivity contribution in [2.45, 2.75) is 39.5 Å². The highest BCUT2D eigenvalue weighted by Crippen LogP contribution is 2.35. The second-order valence-electron chi connectivity index (χ2n) is 9.06. The number of hydrogen-bond donors (Lipinski definition) is 0. The van der Waals surface area contributed by atoms with Crippen molar-refractivity contribution >= 4 is 63.3 Å². The number of nitrogens with zero attached hydrogens (tertiary/aromatic N) is 4. The van der Waals surface area contributed by atoms with Gasteiger partial charge in [-0.1, -0.05) is 59.8 Å². The first kappa shape index (κ1) is 25.0. The van der Waals surface area contributed by atoms with Crippen LogP contribution in [0, 0.1) is 6.92 Å². The molecule has 0 saturated carbocycles. The molecule has 36 heavy (non-hydrogen) atoms. The van der Waals surface area contributed by atoms with E-state index in [1.807, 2.05) is 51.1 Å². The zero-order chi connectivity index (χ0) is 25.6. The van der Waals surface area contributed by atoms with E-state index in [4.69, 9.17) is 33.5 Å². The number of carbonyl (C=O) groups is 1. The third kappa shape index (κ3) is 4.68. The molecule has 2 aliphatic rings. The van der Waals surface area contributed by atoms with Crippen molar-refractivity contribution in [1.82, 2.24) is 14.3 Å². The molecule has 5 rings (SSSR count). The van der Waals surface area contributed by atoms with Crippen LogP contribution in [-0.2, 0) is 16.1 Å². The van der Waals surface area contributed by atoms with Crippen molar-refractivity contribution in [3.8, 4) is 0 Å². The number of anilines is 1. The number of aryl methyl sites for hydroxylation is 1. The predicted octanol–water partition coefficient (Wildman–Crippen LogP) is 4.67. The van der Waals surface area contributed by atoms with E-state index in [2.05, 4.69) is 4.90 Å². The normalized spacial score (nSPS) is 21.7. The van der Waals surface area contributed by atoms with E-state index in [0.29, 0.717) is 44.4 Å². The molecule has 3 aromatic rings. The van der Waals surface area contributed by atoms with Gasteiger partial charge in [-0.05, 0) is 50.1 Å². The molecule has 10 heteroatoms. The standard InChI is InChI=1S/C26H25ClN4O3S2/c1-15-7-6-10-30-22(15)28-23(29-12-16(2)34-17(3)13-29)19(24(30)32)11-21-25(33)31(26(35)36-21)14-18-8-4-5-9-20(18)27/h4-11,16-17H,12-14H2,1-3H3/b21-11+. The maximum atomic E-state index is 13.7. The summed E-state index contributed by atoms with van der Waals surface area (Å²) in [6.45, 7) is 7.37. The highest BCUT2D eigenvalue weighted by molar-refractivity contribution is 8.26. The van der Waals surface area contributed by atoms with E-state index in [0.717, 1.165) is 11.1 Å². The highest BCUT2D eigenvalue weighted by Gasteiger charge is 2.34. The zero-order valence-electron chi connectivity index (χ0n) is 20.1. The SMILES string of the molecule is Cc1cccn2c(=O)c(/C=C3/SC(=S)N(Cc4ccccc4Cl)C3=O)c(N3CC(C)OC(C)C3)nc12. The Balaban J connectivity index is 1.60. The average Bonchev–Trinajstić information content (AvgIpc) is 3.09. The van der Waals surface area contributed by atoms with Crippen molar-refractivity contribution in [2.24, 2.45) is 0 Å². The molecular formula is C26H25ClN4O3S2. The number of morpholine rings is 1. The molecule has 2 unspecified atom stereocenters. The second kappa shape index (κ2) is 9.97. The maximum Gasteiger partial charge on any atom is 0.267 e. The summed E-state index contributed by atoms with van der Waals surface area (Å²) in [5.74, 6) is 0.293. The van der Waals surface area contributed by atoms with Gasteiger partial charge in [0, 0.05) is 24.3 Å². The Hall–Kier alpha value is -2.72. The Morgan fingerprint density at radius 2 is 1.89 bits per heavy atom. The van der Waals surface area contributed by atoms with E-state index < -0.39 is 0 Å². The monoisotopic (exact) mass is 540 g/mol. The number of aromatic nitrogens is 2. The van der Waals surface area contributed by atoms with Crippen molar-refractivity contribution in [3.05, 3.63) is 79.6 Å². The van der Waals surface area contributed by atoms with Crippen molar-refractivity contribution < 1.29 is 9.53 Å². The number of ether oxygens (including phenoxy) is 1. The average molecular weight is 541 g/mol. The maximum absolute atomic E-state index is 13.7. The number of fused-ring (bicyclic) bond motifs is 1. The van der Waals surface area contributed by atoms with Crippen LogP contribution in [0.1, 0.15) is 30.5 Å². The lowest BCUT2D eigenvalue weighted by Gasteiger charge is -2.36. The van der Waals surface area contributed by atoms with Gasteiger partial charge in [-0.25, -0.2) is 4.98 Å². The molecule has 0 spiro atoms. The molecular weight excluding hydrogens is 516 g/mol. The molecule has 0 radical (unpaired) electrons. The van der Waals surface area contributed by atoms with Crippen LogP contribution in [-0.4, -0.2) is 49.8 Å². The number of hydrogen-bond acceptors (Lipinski definition) is 7. The van der Waals surface area contributed by atoms with Crippen molar-refractivity contribution in [2.75, 3.05) is 18.0 Å². The predicted molar refractivity (Wildman–Crippen MR) is 149 cm³/mol. The number of thiocarbonyl (C=S) groups is 1. The summed E-state index contributed by atoms with van der Waals surface area (Å²) in [4.78, 5) is 36.0. The summed E-state index contributed by atoms with van der Waals surface area (Å²) >= 11 is 13.0. The van der Waals surface area contributed by atoms with Gasteiger partial charge in [-0.2, -0.15) is 0 Å². The van der Waals surface area contributed by atoms with Gasteiger partial charge in [0.1, 0.15) is 15.8 Å². The smallest absolute Gasteiger partial charge is 0.267 e. The minimum absolute atomic E-state index is 0.0208. The molecule has 0 aliphatic carbocycles. The highest BCUT2D eigenvalue weighted by atomic mass is 35.5. The fourth-order valence-electron chi connectivity index (χ4n) is 4.58. The largest absolute Gasteiger partial charge is 0.372 e. The van der Waals surface area contributed by atoms with E-state index >= 15 is 0 Å². The van der Waals surface area contributed by atoms with Crippen LogP contribution in [0.3, 0.4) is 0 Å². The van der Waals surface area contributed by atoms with E-state index in [-0.39, 0.29) is 30.2 Å². The first-order valence-electron chi connectivity index (χ1n) is 11.6. The van der Waals surface area contributed by atoms with Gasteiger partial charge in [-0.15, -0.1) is 0 Å². The molecule has 2 aromatic heterocycles. The Kier molecular flexibility index (Phi) is 6.91. The summed E-state index contributed by atoms with van der Waals surface area (Å²) in [5.41, 5.74) is 2.41. The Bertz CT molecular complexity index is 1460. The molecule has 186 valence electrons. The summed E-state index contributed by atoms with van der Waals surface area (Å²) in [7, 11) is 0.